The van der Waals surface area contributed by atoms with Crippen molar-refractivity contribution in [2.45, 2.75) is 59.0 Å². The van der Waals surface area contributed by atoms with Gasteiger partial charge in [-0.05, 0) is 32.9 Å². The Balaban J connectivity index is 2.47. The van der Waals surface area contributed by atoms with E-state index in [1.165, 1.54) is 32.4 Å². The van der Waals surface area contributed by atoms with Gasteiger partial charge in [0.05, 0.1) is 13.2 Å². The van der Waals surface area contributed by atoms with Crippen LogP contribution in [0.5, 0.6) is 0 Å². The summed E-state index contributed by atoms with van der Waals surface area (Å²) in [4.78, 5) is 2.66. The van der Waals surface area contributed by atoms with E-state index in [0.717, 1.165) is 19.8 Å². The van der Waals surface area contributed by atoms with Gasteiger partial charge in [-0.15, -0.1) is 0 Å². The number of hydrogen-bond acceptors (Lipinski definition) is 3. The lowest BCUT2D eigenvalue weighted by atomic mass is 10.0. The van der Waals surface area contributed by atoms with Gasteiger partial charge in [-0.2, -0.15) is 0 Å². The van der Waals surface area contributed by atoms with Gasteiger partial charge in [0, 0.05) is 24.5 Å². The van der Waals surface area contributed by atoms with Crippen LogP contribution in [0.1, 0.15) is 47.0 Å². The smallest absolute Gasteiger partial charge is 0.0623 e. The molecule has 0 bridgehead atoms. The summed E-state index contributed by atoms with van der Waals surface area (Å²) in [6.45, 7) is 14.4. The zero-order valence-electron chi connectivity index (χ0n) is 12.7. The minimum atomic E-state index is 0.559. The predicted octanol–water partition coefficient (Wildman–Crippen LogP) is 2.51. The summed E-state index contributed by atoms with van der Waals surface area (Å²) in [6.07, 6.45) is 3.83. The third kappa shape index (κ3) is 4.87. The summed E-state index contributed by atoms with van der Waals surface area (Å²) >= 11 is 0. The van der Waals surface area contributed by atoms with E-state index in [-0.39, 0.29) is 0 Å². The number of hydrogen-bond donors (Lipinski definition) is 1. The largest absolute Gasteiger partial charge is 0.379 e. The Morgan fingerprint density at radius 3 is 2.67 bits per heavy atom. The number of rotatable bonds is 9. The van der Waals surface area contributed by atoms with Gasteiger partial charge in [0.2, 0.25) is 0 Å². The van der Waals surface area contributed by atoms with Crippen LogP contribution in [0.2, 0.25) is 0 Å². The Morgan fingerprint density at radius 1 is 1.28 bits per heavy atom. The maximum Gasteiger partial charge on any atom is 0.0623 e. The molecular formula is C15H32N2O. The minimum Gasteiger partial charge on any atom is -0.379 e. The summed E-state index contributed by atoms with van der Waals surface area (Å²) in [5.41, 5.74) is 0. The van der Waals surface area contributed by atoms with E-state index in [4.69, 9.17) is 4.74 Å². The topological polar surface area (TPSA) is 24.5 Å². The van der Waals surface area contributed by atoms with E-state index in [1.807, 2.05) is 0 Å². The lowest BCUT2D eigenvalue weighted by Gasteiger charge is -2.32. The molecule has 3 atom stereocenters. The van der Waals surface area contributed by atoms with Crippen LogP contribution in [0.15, 0.2) is 0 Å². The molecule has 0 aromatic carbocycles. The van der Waals surface area contributed by atoms with Crippen molar-refractivity contribution in [1.82, 2.24) is 10.2 Å². The molecule has 0 radical (unpaired) electrons. The van der Waals surface area contributed by atoms with Crippen molar-refractivity contribution in [2.24, 2.45) is 5.92 Å². The van der Waals surface area contributed by atoms with E-state index in [1.54, 1.807) is 0 Å². The fraction of sp³-hybridized carbons (Fsp3) is 1.00. The van der Waals surface area contributed by atoms with E-state index < -0.39 is 0 Å². The predicted molar refractivity (Wildman–Crippen MR) is 78.0 cm³/mol. The van der Waals surface area contributed by atoms with Crippen LogP contribution in [0, 0.1) is 5.92 Å². The molecule has 1 N–H and O–H groups in total. The molecule has 1 heterocycles. The molecule has 1 rings (SSSR count). The molecule has 3 nitrogen and oxygen atoms in total. The summed E-state index contributed by atoms with van der Waals surface area (Å²) in [5.74, 6) is 0.663. The van der Waals surface area contributed by atoms with Gasteiger partial charge < -0.3 is 15.0 Å². The summed E-state index contributed by atoms with van der Waals surface area (Å²) in [7, 11) is 0. The van der Waals surface area contributed by atoms with Gasteiger partial charge >= 0.3 is 0 Å². The number of nitrogens with one attached hydrogen (secondary N) is 1. The lowest BCUT2D eigenvalue weighted by Crippen LogP contribution is -2.44. The molecule has 1 aliphatic heterocycles. The fourth-order valence-corrected chi connectivity index (χ4v) is 2.68. The molecule has 0 aromatic rings. The summed E-state index contributed by atoms with van der Waals surface area (Å²) < 4.78 is 5.65. The molecule has 0 aromatic heterocycles. The molecule has 1 aliphatic rings. The monoisotopic (exact) mass is 256 g/mol. The minimum absolute atomic E-state index is 0.559. The Bertz CT molecular complexity index is 211. The van der Waals surface area contributed by atoms with Gasteiger partial charge in [0.1, 0.15) is 0 Å². The second-order valence-corrected chi connectivity index (χ2v) is 5.57. The first kappa shape index (κ1) is 15.9. The second kappa shape index (κ2) is 8.89. The van der Waals surface area contributed by atoms with Crippen molar-refractivity contribution in [2.75, 3.05) is 32.8 Å². The zero-order valence-corrected chi connectivity index (χ0v) is 12.7. The van der Waals surface area contributed by atoms with Crippen molar-refractivity contribution in [3.8, 4) is 0 Å². The third-order valence-electron chi connectivity index (χ3n) is 4.15. The van der Waals surface area contributed by atoms with Crippen molar-refractivity contribution in [3.63, 3.8) is 0 Å². The molecule has 3 heteroatoms. The molecule has 3 unspecified atom stereocenters. The van der Waals surface area contributed by atoms with Gasteiger partial charge in [-0.3, -0.25) is 0 Å². The van der Waals surface area contributed by atoms with Crippen LogP contribution in [0.25, 0.3) is 0 Å². The number of nitrogens with zero attached hydrogens (tertiary/aromatic N) is 1. The Morgan fingerprint density at radius 2 is 2.06 bits per heavy atom. The van der Waals surface area contributed by atoms with Crippen LogP contribution >= 0.6 is 0 Å². The zero-order chi connectivity index (χ0) is 13.4. The van der Waals surface area contributed by atoms with Crippen LogP contribution in [0.4, 0.5) is 0 Å². The summed E-state index contributed by atoms with van der Waals surface area (Å²) in [5, 5.41) is 3.56. The molecule has 0 aliphatic carbocycles. The number of ether oxygens (including phenoxy) is 1. The van der Waals surface area contributed by atoms with Crippen LogP contribution < -0.4 is 5.32 Å². The van der Waals surface area contributed by atoms with Crippen molar-refractivity contribution < 1.29 is 4.74 Å². The number of unbranched alkanes of at least 4 members (excludes halogenated alkanes) is 1. The highest BCUT2D eigenvalue weighted by Crippen LogP contribution is 2.18. The van der Waals surface area contributed by atoms with Crippen LogP contribution in [-0.2, 0) is 4.74 Å². The Kier molecular flexibility index (Phi) is 7.87. The maximum atomic E-state index is 5.65. The van der Waals surface area contributed by atoms with Gasteiger partial charge in [-0.25, -0.2) is 0 Å². The highest BCUT2D eigenvalue weighted by molar-refractivity contribution is 4.84. The quantitative estimate of drug-likeness (QED) is 0.686. The van der Waals surface area contributed by atoms with Crippen molar-refractivity contribution >= 4 is 0 Å². The van der Waals surface area contributed by atoms with E-state index >= 15 is 0 Å². The standard InChI is InChI=1S/C15H32N2O/c1-5-8-9-17(13(4)6-2)10-14-11-18-12-15(14)16-7-3/h13-16H,5-12H2,1-4H3. The first-order chi connectivity index (χ1) is 8.72. The molecule has 108 valence electrons. The lowest BCUT2D eigenvalue weighted by molar-refractivity contribution is 0.143. The summed E-state index contributed by atoms with van der Waals surface area (Å²) in [6, 6.07) is 1.25. The molecule has 1 fully saturated rings. The molecular weight excluding hydrogens is 224 g/mol. The van der Waals surface area contributed by atoms with E-state index in [0.29, 0.717) is 18.0 Å². The Labute approximate surface area is 113 Å². The van der Waals surface area contributed by atoms with Gasteiger partial charge in [-0.1, -0.05) is 27.2 Å². The first-order valence-electron chi connectivity index (χ1n) is 7.78. The average Bonchev–Trinajstić information content (AvgIpc) is 2.81. The van der Waals surface area contributed by atoms with Crippen molar-refractivity contribution in [1.29, 1.82) is 0 Å². The normalized spacial score (nSPS) is 25.8. The highest BCUT2D eigenvalue weighted by Gasteiger charge is 2.29. The van der Waals surface area contributed by atoms with Gasteiger partial charge in [0.25, 0.3) is 0 Å². The van der Waals surface area contributed by atoms with Crippen LogP contribution in [0.3, 0.4) is 0 Å². The molecule has 0 saturated carbocycles. The molecule has 0 spiro atoms. The molecule has 1 saturated heterocycles. The average molecular weight is 256 g/mol. The van der Waals surface area contributed by atoms with Crippen molar-refractivity contribution in [3.05, 3.63) is 0 Å². The van der Waals surface area contributed by atoms with Crippen LogP contribution in [-0.4, -0.2) is 49.8 Å². The number of likely N-dealkylation sites (N-methyl/N-ethyl adjacent to an activating group) is 1. The van der Waals surface area contributed by atoms with E-state index in [9.17, 15) is 0 Å². The Hall–Kier alpha value is -0.120. The molecule has 0 amide bonds. The first-order valence-corrected chi connectivity index (χ1v) is 7.78. The molecule has 18 heavy (non-hydrogen) atoms. The SMILES string of the molecule is CCCCN(CC1COCC1NCC)C(C)CC. The third-order valence-corrected chi connectivity index (χ3v) is 4.15. The van der Waals surface area contributed by atoms with E-state index in [2.05, 4.69) is 37.9 Å². The highest BCUT2D eigenvalue weighted by atomic mass is 16.5. The van der Waals surface area contributed by atoms with Gasteiger partial charge in [0.15, 0.2) is 0 Å². The maximum absolute atomic E-state index is 5.65. The second-order valence-electron chi connectivity index (χ2n) is 5.57. The fourth-order valence-electron chi connectivity index (χ4n) is 2.68.